The Morgan fingerprint density at radius 2 is 2.38 bits per heavy atom. The Morgan fingerprint density at radius 3 is 3.25 bits per heavy atom. The van der Waals surface area contributed by atoms with E-state index in [4.69, 9.17) is 0 Å². The number of H-pyrrole nitrogens is 1. The molecule has 2 aromatic rings. The molecule has 4 heterocycles. The summed E-state index contributed by atoms with van der Waals surface area (Å²) >= 11 is 1.58. The molecule has 0 saturated carbocycles. The Kier molecular flexibility index (Phi) is 4.35. The lowest BCUT2D eigenvalue weighted by Crippen LogP contribution is -2.34. The van der Waals surface area contributed by atoms with Crippen molar-refractivity contribution < 1.29 is 4.79 Å². The SMILES string of the molecule is O=C(NC[C@@H]1CCNC1)C1=CN(c2ncnc3nc[nH]c23)CCS1. The van der Waals surface area contributed by atoms with Gasteiger partial charge in [-0.2, -0.15) is 0 Å². The van der Waals surface area contributed by atoms with E-state index in [1.807, 2.05) is 11.1 Å². The van der Waals surface area contributed by atoms with Crippen molar-refractivity contribution in [2.75, 3.05) is 36.8 Å². The monoisotopic (exact) mass is 345 g/mol. The van der Waals surface area contributed by atoms with Gasteiger partial charge in [-0.3, -0.25) is 4.79 Å². The van der Waals surface area contributed by atoms with Crippen LogP contribution in [0.1, 0.15) is 6.42 Å². The van der Waals surface area contributed by atoms with Gasteiger partial charge in [0.25, 0.3) is 5.91 Å². The van der Waals surface area contributed by atoms with Crippen molar-refractivity contribution in [2.45, 2.75) is 6.42 Å². The van der Waals surface area contributed by atoms with E-state index >= 15 is 0 Å². The average molecular weight is 345 g/mol. The van der Waals surface area contributed by atoms with Gasteiger partial charge >= 0.3 is 0 Å². The second-order valence-corrected chi connectivity index (χ2v) is 7.04. The summed E-state index contributed by atoms with van der Waals surface area (Å²) in [6, 6.07) is 0. The second kappa shape index (κ2) is 6.78. The fraction of sp³-hybridized carbons (Fsp3) is 0.467. The highest BCUT2D eigenvalue weighted by atomic mass is 32.2. The number of nitrogens with one attached hydrogen (secondary N) is 3. The van der Waals surface area contributed by atoms with Gasteiger partial charge in [-0.25, -0.2) is 15.0 Å². The molecule has 0 aliphatic carbocycles. The molecule has 9 heteroatoms. The summed E-state index contributed by atoms with van der Waals surface area (Å²) in [4.78, 5) is 30.9. The third-order valence-corrected chi connectivity index (χ3v) is 5.26. The fourth-order valence-corrected chi connectivity index (χ4v) is 3.88. The van der Waals surface area contributed by atoms with Gasteiger partial charge in [-0.05, 0) is 25.4 Å². The lowest BCUT2D eigenvalue weighted by atomic mass is 10.1. The van der Waals surface area contributed by atoms with E-state index < -0.39 is 0 Å². The van der Waals surface area contributed by atoms with Gasteiger partial charge in [0.15, 0.2) is 11.5 Å². The maximum absolute atomic E-state index is 12.4. The van der Waals surface area contributed by atoms with Gasteiger partial charge < -0.3 is 20.5 Å². The molecule has 2 aliphatic rings. The highest BCUT2D eigenvalue weighted by Gasteiger charge is 2.22. The number of rotatable bonds is 4. The first-order valence-electron chi connectivity index (χ1n) is 8.05. The molecule has 126 valence electrons. The summed E-state index contributed by atoms with van der Waals surface area (Å²) in [6.45, 7) is 3.54. The van der Waals surface area contributed by atoms with Crippen molar-refractivity contribution in [1.29, 1.82) is 0 Å². The minimum atomic E-state index is -0.00786. The molecule has 2 aliphatic heterocycles. The molecule has 8 nitrogen and oxygen atoms in total. The fourth-order valence-electron chi connectivity index (χ4n) is 2.97. The number of thioether (sulfide) groups is 1. The number of carbonyl (C=O) groups is 1. The van der Waals surface area contributed by atoms with Gasteiger partial charge in [-0.1, -0.05) is 0 Å². The van der Waals surface area contributed by atoms with Crippen LogP contribution in [0.2, 0.25) is 0 Å². The van der Waals surface area contributed by atoms with Crippen molar-refractivity contribution in [2.24, 2.45) is 5.92 Å². The molecule has 0 bridgehead atoms. The predicted octanol–water partition coefficient (Wildman–Crippen LogP) is 0.473. The Bertz CT molecular complexity index is 768. The molecular formula is C15H19N7OS. The number of hydrogen-bond acceptors (Lipinski definition) is 7. The van der Waals surface area contributed by atoms with Crippen LogP contribution >= 0.6 is 11.8 Å². The van der Waals surface area contributed by atoms with Crippen LogP contribution in [0.3, 0.4) is 0 Å². The molecule has 0 unspecified atom stereocenters. The van der Waals surface area contributed by atoms with Crippen molar-refractivity contribution in [3.63, 3.8) is 0 Å². The van der Waals surface area contributed by atoms with Crippen LogP contribution in [0.15, 0.2) is 23.8 Å². The zero-order valence-electron chi connectivity index (χ0n) is 13.2. The Hall–Kier alpha value is -2.13. The van der Waals surface area contributed by atoms with Crippen molar-refractivity contribution in [3.8, 4) is 0 Å². The predicted molar refractivity (Wildman–Crippen MR) is 93.6 cm³/mol. The van der Waals surface area contributed by atoms with Crippen LogP contribution in [0.5, 0.6) is 0 Å². The maximum Gasteiger partial charge on any atom is 0.259 e. The van der Waals surface area contributed by atoms with Crippen molar-refractivity contribution in [1.82, 2.24) is 30.6 Å². The minimum absolute atomic E-state index is 0.00786. The van der Waals surface area contributed by atoms with E-state index in [0.29, 0.717) is 11.6 Å². The van der Waals surface area contributed by atoms with Crippen LogP contribution in [0.4, 0.5) is 5.82 Å². The summed E-state index contributed by atoms with van der Waals surface area (Å²) in [7, 11) is 0. The summed E-state index contributed by atoms with van der Waals surface area (Å²) in [5, 5.41) is 6.37. The molecule has 2 aromatic heterocycles. The van der Waals surface area contributed by atoms with Gasteiger partial charge in [0.2, 0.25) is 0 Å². The molecule has 1 atom stereocenters. The highest BCUT2D eigenvalue weighted by molar-refractivity contribution is 8.04. The topological polar surface area (TPSA) is 98.8 Å². The largest absolute Gasteiger partial charge is 0.351 e. The van der Waals surface area contributed by atoms with Crippen LogP contribution in [-0.4, -0.2) is 57.8 Å². The number of imidazole rings is 1. The Balaban J connectivity index is 1.50. The molecule has 4 rings (SSSR count). The zero-order chi connectivity index (χ0) is 16.4. The van der Waals surface area contributed by atoms with Crippen molar-refractivity contribution in [3.05, 3.63) is 23.8 Å². The highest BCUT2D eigenvalue weighted by Crippen LogP contribution is 2.27. The molecule has 1 fully saturated rings. The molecular weight excluding hydrogens is 326 g/mol. The third-order valence-electron chi connectivity index (χ3n) is 4.28. The first-order chi connectivity index (χ1) is 11.8. The summed E-state index contributed by atoms with van der Waals surface area (Å²) in [5.74, 6) is 2.12. The number of aromatic amines is 1. The first kappa shape index (κ1) is 15.4. The Labute approximate surface area is 143 Å². The van der Waals surface area contributed by atoms with E-state index in [9.17, 15) is 4.79 Å². The average Bonchev–Trinajstić information content (AvgIpc) is 3.30. The molecule has 1 saturated heterocycles. The van der Waals surface area contributed by atoms with Gasteiger partial charge in [0.1, 0.15) is 11.8 Å². The standard InChI is InChI=1S/C15H19N7OS/c23-15(17-6-10-1-2-16-5-10)11-7-22(3-4-24-11)14-12-13(19-8-18-12)20-9-21-14/h7-10,16H,1-6H2,(H,17,23)(H,18,19,20,21)/t10-/m1/s1. The number of hydrogen-bond donors (Lipinski definition) is 3. The van der Waals surface area contributed by atoms with E-state index in [1.54, 1.807) is 18.1 Å². The van der Waals surface area contributed by atoms with E-state index in [2.05, 4.69) is 30.6 Å². The smallest absolute Gasteiger partial charge is 0.259 e. The van der Waals surface area contributed by atoms with E-state index in [0.717, 1.165) is 54.6 Å². The molecule has 0 spiro atoms. The van der Waals surface area contributed by atoms with E-state index in [-0.39, 0.29) is 5.91 Å². The number of amides is 1. The summed E-state index contributed by atoms with van der Waals surface area (Å²) < 4.78 is 0. The number of anilines is 1. The molecule has 0 radical (unpaired) electrons. The minimum Gasteiger partial charge on any atom is -0.351 e. The zero-order valence-corrected chi connectivity index (χ0v) is 14.0. The normalized spacial score (nSPS) is 21.1. The van der Waals surface area contributed by atoms with Gasteiger partial charge in [0, 0.05) is 25.0 Å². The number of nitrogens with zero attached hydrogens (tertiary/aromatic N) is 4. The Morgan fingerprint density at radius 1 is 1.42 bits per heavy atom. The summed E-state index contributed by atoms with van der Waals surface area (Å²) in [5.41, 5.74) is 1.42. The molecule has 1 amide bonds. The van der Waals surface area contributed by atoms with Crippen LogP contribution < -0.4 is 15.5 Å². The lowest BCUT2D eigenvalue weighted by molar-refractivity contribution is -0.117. The summed E-state index contributed by atoms with van der Waals surface area (Å²) in [6.07, 6.45) is 6.10. The number of aromatic nitrogens is 4. The van der Waals surface area contributed by atoms with Gasteiger partial charge in [-0.15, -0.1) is 11.8 Å². The maximum atomic E-state index is 12.4. The van der Waals surface area contributed by atoms with Crippen molar-refractivity contribution >= 4 is 34.7 Å². The first-order valence-corrected chi connectivity index (χ1v) is 9.04. The molecule has 3 N–H and O–H groups in total. The quantitative estimate of drug-likeness (QED) is 0.741. The van der Waals surface area contributed by atoms with Gasteiger partial charge in [0.05, 0.1) is 11.2 Å². The molecule has 24 heavy (non-hydrogen) atoms. The third kappa shape index (κ3) is 3.09. The lowest BCUT2D eigenvalue weighted by Gasteiger charge is -2.25. The van der Waals surface area contributed by atoms with Crippen LogP contribution in [-0.2, 0) is 4.79 Å². The molecule has 0 aromatic carbocycles. The van der Waals surface area contributed by atoms with Crippen LogP contribution in [0, 0.1) is 5.92 Å². The second-order valence-electron chi connectivity index (χ2n) is 5.90. The number of carbonyl (C=O) groups excluding carboxylic acids is 1. The van der Waals surface area contributed by atoms with Crippen LogP contribution in [0.25, 0.3) is 11.2 Å². The number of fused-ring (bicyclic) bond motifs is 1. The van der Waals surface area contributed by atoms with E-state index in [1.165, 1.54) is 6.33 Å².